The van der Waals surface area contributed by atoms with Gasteiger partial charge in [0.15, 0.2) is 18.9 Å². The molecule has 10 N–H and O–H groups in total. The minimum atomic E-state index is -1.72. The van der Waals surface area contributed by atoms with E-state index in [9.17, 15) is 50.1 Å². The summed E-state index contributed by atoms with van der Waals surface area (Å²) in [5.74, 6) is -1.89. The Kier molecular flexibility index (Phi) is 13.6. The normalized spacial score (nSPS) is 42.8. The van der Waals surface area contributed by atoms with Crippen molar-refractivity contribution in [1.82, 2.24) is 16.0 Å². The summed E-state index contributed by atoms with van der Waals surface area (Å²) in [5, 5.41) is 80.5. The Labute approximate surface area is 266 Å². The number of hydrogen-bond donors (Lipinski definition) is 10. The van der Waals surface area contributed by atoms with Crippen LogP contribution in [0.15, 0.2) is 0 Å². The number of ether oxygens (including phenoxy) is 5. The molecule has 3 amide bonds. The molecule has 18 heteroatoms. The van der Waals surface area contributed by atoms with E-state index >= 15 is 0 Å². The van der Waals surface area contributed by atoms with Crippen LogP contribution in [0.5, 0.6) is 0 Å². The molecular weight excluding hydrogens is 618 g/mol. The first kappa shape index (κ1) is 38.4. The maximum absolute atomic E-state index is 13.1. The topological polar surface area (TPSA) is 275 Å². The summed E-state index contributed by atoms with van der Waals surface area (Å²) >= 11 is 0. The van der Waals surface area contributed by atoms with E-state index in [0.717, 1.165) is 0 Å². The monoisotopic (exact) mass is 667 g/mol. The Morgan fingerprint density at radius 1 is 0.674 bits per heavy atom. The zero-order valence-corrected chi connectivity index (χ0v) is 26.6. The molecule has 18 nitrogen and oxygen atoms in total. The van der Waals surface area contributed by atoms with Gasteiger partial charge in [0, 0.05) is 13.8 Å². The third-order valence-electron chi connectivity index (χ3n) is 8.18. The molecule has 17 atom stereocenters. The van der Waals surface area contributed by atoms with E-state index < -0.39 is 128 Å². The second-order valence-corrected chi connectivity index (χ2v) is 12.3. The van der Waals surface area contributed by atoms with Gasteiger partial charge in [0.1, 0.15) is 48.7 Å². The van der Waals surface area contributed by atoms with Crippen molar-refractivity contribution in [3.05, 3.63) is 0 Å². The van der Waals surface area contributed by atoms with Gasteiger partial charge in [-0.3, -0.25) is 14.4 Å². The summed E-state index contributed by atoms with van der Waals surface area (Å²) in [6.07, 6.45) is -19.2. The van der Waals surface area contributed by atoms with Crippen molar-refractivity contribution in [2.75, 3.05) is 0 Å². The van der Waals surface area contributed by atoms with Crippen LogP contribution in [0, 0.1) is 0 Å². The minimum Gasteiger partial charge on any atom is -0.393 e. The Morgan fingerprint density at radius 3 is 1.76 bits per heavy atom. The minimum absolute atomic E-state index is 0.0838. The van der Waals surface area contributed by atoms with Gasteiger partial charge in [0.25, 0.3) is 0 Å². The summed E-state index contributed by atoms with van der Waals surface area (Å²) in [7, 11) is 0. The number of carbonyl (C=O) groups excluding carboxylic acids is 3. The molecule has 3 rings (SSSR count). The molecule has 0 aromatic rings. The molecule has 0 aromatic heterocycles. The highest BCUT2D eigenvalue weighted by atomic mass is 16.7. The van der Waals surface area contributed by atoms with E-state index in [1.807, 2.05) is 0 Å². The molecule has 3 heterocycles. The average molecular weight is 668 g/mol. The number of rotatable bonds is 11. The lowest BCUT2D eigenvalue weighted by atomic mass is 9.92. The predicted octanol–water partition coefficient (Wildman–Crippen LogP) is -4.56. The summed E-state index contributed by atoms with van der Waals surface area (Å²) in [4.78, 5) is 37.6. The van der Waals surface area contributed by atoms with Crippen molar-refractivity contribution in [3.63, 3.8) is 0 Å². The maximum atomic E-state index is 13.1. The summed E-state index contributed by atoms with van der Waals surface area (Å²) < 4.78 is 29.3. The lowest BCUT2D eigenvalue weighted by Crippen LogP contribution is -2.72. The van der Waals surface area contributed by atoms with Crippen molar-refractivity contribution in [1.29, 1.82) is 0 Å². The molecule has 0 spiro atoms. The van der Waals surface area contributed by atoms with Crippen LogP contribution in [0.4, 0.5) is 0 Å². The molecule has 0 aromatic carbocycles. The summed E-state index contributed by atoms with van der Waals surface area (Å²) in [5.41, 5.74) is 0. The highest BCUT2D eigenvalue weighted by Gasteiger charge is 2.53. The Bertz CT molecular complexity index is 1040. The zero-order valence-electron chi connectivity index (χ0n) is 26.6. The fourth-order valence-corrected chi connectivity index (χ4v) is 5.84. The SMILES string of the molecule is CC(=O)N[C@@H]1[C@H](O[C@@H]2[C@@H](NC(C)=O)[C@@H](O[C@@H]3[C@H](O)[C@@H](O)[C@H](C)O[C@H]3O)O[C@H](C)[C@H]2NC(=O)C[C@H](O)C[C@@H](C)O)O[C@@H](C)[C@@H](O)[C@H]1O. The van der Waals surface area contributed by atoms with Gasteiger partial charge in [-0.25, -0.2) is 0 Å². The molecule has 46 heavy (non-hydrogen) atoms. The Hall–Kier alpha value is -2.07. The maximum Gasteiger partial charge on any atom is 0.223 e. The van der Waals surface area contributed by atoms with Crippen LogP contribution >= 0.6 is 0 Å². The molecule has 0 saturated carbocycles. The van der Waals surface area contributed by atoms with Gasteiger partial charge in [0.05, 0.1) is 43.0 Å². The van der Waals surface area contributed by atoms with Gasteiger partial charge >= 0.3 is 0 Å². The quantitative estimate of drug-likeness (QED) is 0.0994. The molecule has 0 radical (unpaired) electrons. The molecule has 0 unspecified atom stereocenters. The molecule has 0 aliphatic carbocycles. The number of aliphatic hydroxyl groups excluding tert-OH is 7. The summed E-state index contributed by atoms with van der Waals surface area (Å²) in [6, 6.07) is -3.81. The van der Waals surface area contributed by atoms with Gasteiger partial charge < -0.3 is 75.4 Å². The molecule has 3 aliphatic heterocycles. The molecule has 3 fully saturated rings. The van der Waals surface area contributed by atoms with Crippen LogP contribution in [-0.2, 0) is 38.1 Å². The van der Waals surface area contributed by atoms with Crippen molar-refractivity contribution < 1.29 is 73.8 Å². The first-order valence-corrected chi connectivity index (χ1v) is 15.3. The third kappa shape index (κ3) is 9.51. The number of carbonyl (C=O) groups is 3. The van der Waals surface area contributed by atoms with E-state index in [4.69, 9.17) is 23.7 Å². The number of amides is 3. The van der Waals surface area contributed by atoms with Crippen molar-refractivity contribution in [2.45, 2.75) is 159 Å². The van der Waals surface area contributed by atoms with Gasteiger partial charge in [-0.1, -0.05) is 0 Å². The first-order chi connectivity index (χ1) is 21.4. The molecular formula is C28H49N3O15. The van der Waals surface area contributed by atoms with E-state index in [2.05, 4.69) is 16.0 Å². The van der Waals surface area contributed by atoms with Crippen molar-refractivity contribution in [3.8, 4) is 0 Å². The lowest BCUT2D eigenvalue weighted by Gasteiger charge is -2.50. The first-order valence-electron chi connectivity index (χ1n) is 15.3. The van der Waals surface area contributed by atoms with Crippen LogP contribution in [0.1, 0.15) is 54.4 Å². The average Bonchev–Trinajstić information content (AvgIpc) is 2.93. The van der Waals surface area contributed by atoms with Gasteiger partial charge in [0.2, 0.25) is 17.7 Å². The standard InChI is InChI=1S/C28H49N3O15/c1-9(32)7-15(35)8-16(36)31-17-10(2)43-28(46-25-23(40)21(38)11(3)42-26(25)41)19(30-14(6)34)24(17)45-27-18(29-13(5)33)22(39)20(37)12(4)44-27/h9-12,15,17-28,32,35,37-41H,7-8H2,1-6H3,(H,29,33)(H,30,34)(H,31,36)/t9-,10-,11+,12+,15-,17-,18+,19-,20-,21+,22+,23-,24+,25-,26-,27+,28-/m1/s1. The van der Waals surface area contributed by atoms with Gasteiger partial charge in [-0.05, 0) is 34.1 Å². The molecule has 3 aliphatic rings. The Morgan fingerprint density at radius 2 is 1.17 bits per heavy atom. The summed E-state index contributed by atoms with van der Waals surface area (Å²) in [6.45, 7) is 8.21. The highest BCUT2D eigenvalue weighted by molar-refractivity contribution is 5.77. The van der Waals surface area contributed by atoms with Crippen molar-refractivity contribution >= 4 is 17.7 Å². The van der Waals surface area contributed by atoms with Crippen LogP contribution in [-0.4, -0.2) is 158 Å². The second-order valence-electron chi connectivity index (χ2n) is 12.3. The van der Waals surface area contributed by atoms with E-state index in [1.165, 1.54) is 41.5 Å². The smallest absolute Gasteiger partial charge is 0.223 e. The lowest BCUT2D eigenvalue weighted by molar-refractivity contribution is -0.347. The Balaban J connectivity index is 2.00. The molecule has 0 bridgehead atoms. The van der Waals surface area contributed by atoms with E-state index in [-0.39, 0.29) is 6.42 Å². The fraction of sp³-hybridized carbons (Fsp3) is 0.893. The van der Waals surface area contributed by atoms with Gasteiger partial charge in [-0.15, -0.1) is 0 Å². The number of aliphatic hydroxyl groups is 7. The number of nitrogens with one attached hydrogen (secondary N) is 3. The predicted molar refractivity (Wildman–Crippen MR) is 153 cm³/mol. The third-order valence-corrected chi connectivity index (χ3v) is 8.18. The second kappa shape index (κ2) is 16.4. The zero-order chi connectivity index (χ0) is 34.6. The van der Waals surface area contributed by atoms with E-state index in [1.54, 1.807) is 0 Å². The van der Waals surface area contributed by atoms with Crippen LogP contribution < -0.4 is 16.0 Å². The molecule has 266 valence electrons. The largest absolute Gasteiger partial charge is 0.393 e. The van der Waals surface area contributed by atoms with Gasteiger partial charge in [-0.2, -0.15) is 0 Å². The van der Waals surface area contributed by atoms with Crippen LogP contribution in [0.25, 0.3) is 0 Å². The van der Waals surface area contributed by atoms with Crippen molar-refractivity contribution in [2.24, 2.45) is 0 Å². The van der Waals surface area contributed by atoms with Crippen LogP contribution in [0.3, 0.4) is 0 Å². The van der Waals surface area contributed by atoms with Crippen LogP contribution in [0.2, 0.25) is 0 Å². The highest BCUT2D eigenvalue weighted by Crippen LogP contribution is 2.32. The van der Waals surface area contributed by atoms with E-state index in [0.29, 0.717) is 0 Å². The number of hydrogen-bond acceptors (Lipinski definition) is 15. The molecule has 3 saturated heterocycles. The fourth-order valence-electron chi connectivity index (χ4n) is 5.84.